The van der Waals surface area contributed by atoms with Crippen molar-refractivity contribution in [3.05, 3.63) is 54.9 Å². The van der Waals surface area contributed by atoms with Crippen molar-refractivity contribution in [2.24, 2.45) is 0 Å². The first-order valence-corrected chi connectivity index (χ1v) is 5.99. The number of anilines is 4. The Morgan fingerprint density at radius 1 is 0.947 bits per heavy atom. The van der Waals surface area contributed by atoms with E-state index in [2.05, 4.69) is 10.3 Å². The molecule has 19 heavy (non-hydrogen) atoms. The van der Waals surface area contributed by atoms with Gasteiger partial charge in [0.2, 0.25) is 0 Å². The van der Waals surface area contributed by atoms with Crippen molar-refractivity contribution in [1.29, 1.82) is 0 Å². The van der Waals surface area contributed by atoms with Crippen LogP contribution < -0.4 is 16.8 Å². The van der Waals surface area contributed by atoms with Gasteiger partial charge in [-0.05, 0) is 30.3 Å². The maximum absolute atomic E-state index is 5.81. The Morgan fingerprint density at radius 2 is 1.84 bits per heavy atom. The highest BCUT2D eigenvalue weighted by atomic mass is 14.9. The molecule has 1 aromatic heterocycles. The van der Waals surface area contributed by atoms with Crippen LogP contribution in [0.1, 0.15) is 0 Å². The van der Waals surface area contributed by atoms with Gasteiger partial charge in [0.05, 0.1) is 11.4 Å². The molecule has 2 aromatic carbocycles. The van der Waals surface area contributed by atoms with Crippen LogP contribution in [-0.2, 0) is 0 Å². The molecule has 94 valence electrons. The normalized spacial score (nSPS) is 10.5. The number of rotatable bonds is 2. The first-order chi connectivity index (χ1) is 9.24. The molecule has 4 nitrogen and oxygen atoms in total. The van der Waals surface area contributed by atoms with Crippen LogP contribution >= 0.6 is 0 Å². The second-order valence-electron chi connectivity index (χ2n) is 4.37. The van der Waals surface area contributed by atoms with Crippen molar-refractivity contribution in [3.8, 4) is 0 Å². The van der Waals surface area contributed by atoms with Crippen LogP contribution in [0, 0.1) is 0 Å². The third kappa shape index (κ3) is 2.15. The van der Waals surface area contributed by atoms with Crippen molar-refractivity contribution in [2.45, 2.75) is 0 Å². The second-order valence-corrected chi connectivity index (χ2v) is 4.37. The molecular formula is C15H14N4. The summed E-state index contributed by atoms with van der Waals surface area (Å²) in [6, 6.07) is 13.6. The van der Waals surface area contributed by atoms with Crippen LogP contribution in [-0.4, -0.2) is 4.98 Å². The van der Waals surface area contributed by atoms with E-state index in [1.54, 1.807) is 12.3 Å². The number of pyridine rings is 1. The van der Waals surface area contributed by atoms with Gasteiger partial charge in [0.25, 0.3) is 0 Å². The molecule has 0 aliphatic heterocycles. The van der Waals surface area contributed by atoms with Crippen LogP contribution in [0.5, 0.6) is 0 Å². The molecule has 1 heterocycles. The first kappa shape index (κ1) is 11.3. The number of nitrogens with two attached hydrogens (primary N) is 2. The molecule has 0 saturated heterocycles. The summed E-state index contributed by atoms with van der Waals surface area (Å²) < 4.78 is 0. The summed E-state index contributed by atoms with van der Waals surface area (Å²) >= 11 is 0. The lowest BCUT2D eigenvalue weighted by molar-refractivity contribution is 1.36. The van der Waals surface area contributed by atoms with Gasteiger partial charge >= 0.3 is 0 Å². The van der Waals surface area contributed by atoms with E-state index in [1.807, 2.05) is 42.6 Å². The van der Waals surface area contributed by atoms with Crippen LogP contribution in [0.15, 0.2) is 54.9 Å². The van der Waals surface area contributed by atoms with E-state index in [0.29, 0.717) is 11.4 Å². The molecular weight excluding hydrogens is 236 g/mol. The molecule has 3 rings (SSSR count). The molecule has 5 N–H and O–H groups in total. The number of aromatic nitrogens is 1. The van der Waals surface area contributed by atoms with Crippen molar-refractivity contribution in [2.75, 3.05) is 16.8 Å². The minimum atomic E-state index is 0.576. The fourth-order valence-corrected chi connectivity index (χ4v) is 2.04. The highest BCUT2D eigenvalue weighted by Gasteiger charge is 2.02. The van der Waals surface area contributed by atoms with E-state index < -0.39 is 0 Å². The zero-order valence-electron chi connectivity index (χ0n) is 10.3. The number of nitrogens with one attached hydrogen (secondary N) is 1. The fourth-order valence-electron chi connectivity index (χ4n) is 2.04. The van der Waals surface area contributed by atoms with Crippen LogP contribution in [0.4, 0.5) is 22.7 Å². The molecule has 0 spiro atoms. The number of benzene rings is 2. The lowest BCUT2D eigenvalue weighted by Gasteiger charge is -2.11. The van der Waals surface area contributed by atoms with E-state index in [0.717, 1.165) is 22.1 Å². The Morgan fingerprint density at radius 3 is 2.68 bits per heavy atom. The average molecular weight is 250 g/mol. The quantitative estimate of drug-likeness (QED) is 0.611. The van der Waals surface area contributed by atoms with Gasteiger partial charge in [0, 0.05) is 34.5 Å². The Hall–Kier alpha value is -2.75. The van der Waals surface area contributed by atoms with E-state index in [4.69, 9.17) is 11.5 Å². The van der Waals surface area contributed by atoms with Crippen molar-refractivity contribution in [3.63, 3.8) is 0 Å². The van der Waals surface area contributed by atoms with E-state index >= 15 is 0 Å². The molecule has 0 atom stereocenters. The van der Waals surface area contributed by atoms with Gasteiger partial charge in [0.15, 0.2) is 0 Å². The summed E-state index contributed by atoms with van der Waals surface area (Å²) in [6.07, 6.45) is 3.63. The van der Waals surface area contributed by atoms with Crippen molar-refractivity contribution >= 4 is 33.5 Å². The number of nitrogen functional groups attached to an aromatic ring is 2. The number of hydrogen-bond acceptors (Lipinski definition) is 4. The lowest BCUT2D eigenvalue weighted by atomic mass is 10.1. The molecule has 4 heteroatoms. The lowest BCUT2D eigenvalue weighted by Crippen LogP contribution is -1.97. The maximum Gasteiger partial charge on any atom is 0.0568 e. The highest BCUT2D eigenvalue weighted by molar-refractivity contribution is 5.95. The molecule has 0 saturated carbocycles. The number of nitrogens with zero attached hydrogens (tertiary/aromatic N) is 1. The zero-order valence-corrected chi connectivity index (χ0v) is 10.3. The molecule has 0 radical (unpaired) electrons. The van der Waals surface area contributed by atoms with Crippen LogP contribution in [0.3, 0.4) is 0 Å². The van der Waals surface area contributed by atoms with Gasteiger partial charge < -0.3 is 16.8 Å². The Bertz CT molecular complexity index is 732. The topological polar surface area (TPSA) is 77.0 Å². The van der Waals surface area contributed by atoms with E-state index in [1.165, 1.54) is 0 Å². The SMILES string of the molecule is Nc1ccc(Nc2cccc3cnccc23)cc1N. The Balaban J connectivity index is 2.03. The summed E-state index contributed by atoms with van der Waals surface area (Å²) in [4.78, 5) is 4.12. The van der Waals surface area contributed by atoms with Crippen LogP contribution in [0.25, 0.3) is 10.8 Å². The fraction of sp³-hybridized carbons (Fsp3) is 0. The van der Waals surface area contributed by atoms with Crippen molar-refractivity contribution in [1.82, 2.24) is 4.98 Å². The summed E-state index contributed by atoms with van der Waals surface area (Å²) in [5, 5.41) is 5.56. The predicted octanol–water partition coefficient (Wildman–Crippen LogP) is 3.14. The van der Waals surface area contributed by atoms with Crippen molar-refractivity contribution < 1.29 is 0 Å². The molecule has 0 unspecified atom stereocenters. The minimum absolute atomic E-state index is 0.576. The Labute approximate surface area is 111 Å². The summed E-state index contributed by atoms with van der Waals surface area (Å²) in [6.45, 7) is 0. The van der Waals surface area contributed by atoms with E-state index in [9.17, 15) is 0 Å². The summed E-state index contributed by atoms with van der Waals surface area (Å²) in [5.74, 6) is 0. The third-order valence-corrected chi connectivity index (χ3v) is 3.05. The van der Waals surface area contributed by atoms with Crippen LogP contribution in [0.2, 0.25) is 0 Å². The molecule has 0 bridgehead atoms. The smallest absolute Gasteiger partial charge is 0.0568 e. The standard InChI is InChI=1S/C15H14N4/c16-13-5-4-11(8-14(13)17)19-15-3-1-2-10-9-18-7-6-12(10)15/h1-9,19H,16-17H2. The maximum atomic E-state index is 5.81. The highest BCUT2D eigenvalue weighted by Crippen LogP contribution is 2.27. The minimum Gasteiger partial charge on any atom is -0.397 e. The predicted molar refractivity (Wildman–Crippen MR) is 80.3 cm³/mol. The van der Waals surface area contributed by atoms with Gasteiger partial charge in [-0.2, -0.15) is 0 Å². The van der Waals surface area contributed by atoms with Gasteiger partial charge in [-0.15, -0.1) is 0 Å². The molecule has 0 aliphatic carbocycles. The largest absolute Gasteiger partial charge is 0.397 e. The third-order valence-electron chi connectivity index (χ3n) is 3.05. The molecule has 0 amide bonds. The zero-order chi connectivity index (χ0) is 13.2. The Kier molecular flexibility index (Phi) is 2.68. The van der Waals surface area contributed by atoms with Gasteiger partial charge in [0.1, 0.15) is 0 Å². The molecule has 0 aliphatic rings. The summed E-state index contributed by atoms with van der Waals surface area (Å²) in [7, 11) is 0. The van der Waals surface area contributed by atoms with E-state index in [-0.39, 0.29) is 0 Å². The summed E-state index contributed by atoms with van der Waals surface area (Å²) in [5.41, 5.74) is 14.6. The monoisotopic (exact) mass is 250 g/mol. The van der Waals surface area contributed by atoms with Gasteiger partial charge in [-0.25, -0.2) is 0 Å². The van der Waals surface area contributed by atoms with Gasteiger partial charge in [-0.3, -0.25) is 4.98 Å². The first-order valence-electron chi connectivity index (χ1n) is 5.99. The van der Waals surface area contributed by atoms with Gasteiger partial charge in [-0.1, -0.05) is 12.1 Å². The average Bonchev–Trinajstić information content (AvgIpc) is 2.43. The molecule has 3 aromatic rings. The number of hydrogen-bond donors (Lipinski definition) is 3. The molecule has 0 fully saturated rings. The number of fused-ring (bicyclic) bond motifs is 1. The second kappa shape index (κ2) is 4.49.